The van der Waals surface area contributed by atoms with Gasteiger partial charge in [0.1, 0.15) is 10.6 Å². The third-order valence-electron chi connectivity index (χ3n) is 4.27. The quantitative estimate of drug-likeness (QED) is 0.635. The maximum atomic E-state index is 12.5. The fraction of sp³-hybridized carbons (Fsp3) is 0.714. The van der Waals surface area contributed by atoms with Crippen molar-refractivity contribution in [1.82, 2.24) is 9.80 Å². The molecule has 7 nitrogen and oxygen atoms in total. The fourth-order valence-electron chi connectivity index (χ4n) is 3.11. The summed E-state index contributed by atoms with van der Waals surface area (Å²) >= 11 is 0. The molecule has 2 heterocycles. The highest BCUT2D eigenvalue weighted by atomic mass is 32.2. The molecule has 0 atom stereocenters. The van der Waals surface area contributed by atoms with Crippen LogP contribution in [0.25, 0.3) is 0 Å². The van der Waals surface area contributed by atoms with Gasteiger partial charge < -0.3 is 14.5 Å². The number of amides is 2. The van der Waals surface area contributed by atoms with Crippen molar-refractivity contribution in [2.75, 3.05) is 39.1 Å². The number of hydrogen-bond donors (Lipinski definition) is 0. The van der Waals surface area contributed by atoms with Crippen LogP contribution in [-0.4, -0.2) is 74.0 Å². The normalized spacial score (nSPS) is 22.5. The molecule has 2 rings (SSSR count). The number of ether oxygens (including phenoxy) is 1. The monoisotopic (exact) mass is 328 g/mol. The Morgan fingerprint density at radius 1 is 1.36 bits per heavy atom. The second-order valence-electron chi connectivity index (χ2n) is 5.41. The van der Waals surface area contributed by atoms with Crippen LogP contribution in [0, 0.1) is 11.8 Å². The molecule has 1 spiro atoms. The molecule has 8 heteroatoms. The lowest BCUT2D eigenvalue weighted by molar-refractivity contribution is -0.133. The molecule has 2 aliphatic heterocycles. The third-order valence-corrected chi connectivity index (χ3v) is 6.68. The van der Waals surface area contributed by atoms with E-state index < -0.39 is 20.5 Å². The minimum atomic E-state index is -3.55. The van der Waals surface area contributed by atoms with E-state index in [0.29, 0.717) is 0 Å². The van der Waals surface area contributed by atoms with Crippen molar-refractivity contribution in [1.29, 1.82) is 0 Å². The van der Waals surface area contributed by atoms with Crippen LogP contribution < -0.4 is 0 Å². The molecule has 0 aromatic heterocycles. The van der Waals surface area contributed by atoms with Crippen LogP contribution >= 0.6 is 0 Å². The summed E-state index contributed by atoms with van der Waals surface area (Å²) in [6.07, 6.45) is 0.448. The van der Waals surface area contributed by atoms with Crippen LogP contribution in [0.5, 0.6) is 0 Å². The first-order valence-corrected chi connectivity index (χ1v) is 8.76. The van der Waals surface area contributed by atoms with Gasteiger partial charge in [-0.25, -0.2) is 8.42 Å². The maximum Gasteiger partial charge on any atom is 0.298 e. The summed E-state index contributed by atoms with van der Waals surface area (Å²) in [7, 11) is -2.05. The van der Waals surface area contributed by atoms with Crippen molar-refractivity contribution < 1.29 is 22.7 Å². The van der Waals surface area contributed by atoms with E-state index in [1.54, 1.807) is 6.92 Å². The lowest BCUT2D eigenvalue weighted by Crippen LogP contribution is -2.57. The summed E-state index contributed by atoms with van der Waals surface area (Å²) in [5, 5.41) is 0. The third kappa shape index (κ3) is 2.71. The van der Waals surface area contributed by atoms with Crippen LogP contribution in [0.2, 0.25) is 0 Å². The number of likely N-dealkylation sites (tertiary alicyclic amines) is 1. The molecule has 0 saturated carbocycles. The average molecular weight is 328 g/mol. The Morgan fingerprint density at radius 3 is 2.55 bits per heavy atom. The summed E-state index contributed by atoms with van der Waals surface area (Å²) < 4.78 is 30.0. The lowest BCUT2D eigenvalue weighted by Gasteiger charge is -2.42. The first-order valence-electron chi connectivity index (χ1n) is 7.11. The van der Waals surface area contributed by atoms with Crippen molar-refractivity contribution in [3.05, 3.63) is 0 Å². The van der Waals surface area contributed by atoms with Gasteiger partial charge in [-0.3, -0.25) is 9.59 Å². The SMILES string of the molecule is CC#CC(=O)N1CCC2(CC1)N(CCOC)C(=O)CS2(=O)=O. The van der Waals surface area contributed by atoms with E-state index in [2.05, 4.69) is 11.8 Å². The molecule has 122 valence electrons. The van der Waals surface area contributed by atoms with E-state index >= 15 is 0 Å². The maximum absolute atomic E-state index is 12.5. The first-order chi connectivity index (χ1) is 10.4. The Hall–Kier alpha value is -1.59. The van der Waals surface area contributed by atoms with Crippen LogP contribution in [-0.2, 0) is 24.2 Å². The van der Waals surface area contributed by atoms with Gasteiger partial charge in [-0.1, -0.05) is 5.92 Å². The highest BCUT2D eigenvalue weighted by Gasteiger charge is 2.58. The van der Waals surface area contributed by atoms with E-state index in [1.165, 1.54) is 16.9 Å². The van der Waals surface area contributed by atoms with Crippen molar-refractivity contribution >= 4 is 21.7 Å². The van der Waals surface area contributed by atoms with Crippen molar-refractivity contribution in [3.8, 4) is 11.8 Å². The smallest absolute Gasteiger partial charge is 0.298 e. The molecule has 22 heavy (non-hydrogen) atoms. The number of carbonyl (C=O) groups is 2. The van der Waals surface area contributed by atoms with Crippen LogP contribution in [0.4, 0.5) is 0 Å². The average Bonchev–Trinajstić information content (AvgIpc) is 2.64. The zero-order chi connectivity index (χ0) is 16.4. The van der Waals surface area contributed by atoms with Gasteiger partial charge >= 0.3 is 0 Å². The van der Waals surface area contributed by atoms with Crippen molar-refractivity contribution in [3.63, 3.8) is 0 Å². The first kappa shape index (κ1) is 16.8. The Morgan fingerprint density at radius 2 is 2.00 bits per heavy atom. The van der Waals surface area contributed by atoms with Crippen molar-refractivity contribution in [2.45, 2.75) is 24.6 Å². The topological polar surface area (TPSA) is 84.0 Å². The molecule has 0 aromatic rings. The van der Waals surface area contributed by atoms with Crippen LogP contribution in [0.1, 0.15) is 19.8 Å². The summed E-state index contributed by atoms with van der Waals surface area (Å²) in [5.41, 5.74) is 0. The number of sulfone groups is 1. The van der Waals surface area contributed by atoms with Gasteiger partial charge in [0, 0.05) is 39.6 Å². The van der Waals surface area contributed by atoms with E-state index in [0.717, 1.165) is 0 Å². The zero-order valence-electron chi connectivity index (χ0n) is 12.8. The zero-order valence-corrected chi connectivity index (χ0v) is 13.6. The van der Waals surface area contributed by atoms with Gasteiger partial charge in [-0.15, -0.1) is 0 Å². The van der Waals surface area contributed by atoms with E-state index in [4.69, 9.17) is 4.74 Å². The molecule has 2 saturated heterocycles. The summed E-state index contributed by atoms with van der Waals surface area (Å²) in [4.78, 5) is 25.6. The second kappa shape index (κ2) is 6.26. The number of methoxy groups -OCH3 is 1. The molecule has 0 unspecified atom stereocenters. The van der Waals surface area contributed by atoms with Gasteiger partial charge in [0.25, 0.3) is 5.91 Å². The summed E-state index contributed by atoms with van der Waals surface area (Å²) in [6.45, 7) is 2.67. The highest BCUT2D eigenvalue weighted by Crippen LogP contribution is 2.39. The molecular weight excluding hydrogens is 308 g/mol. The van der Waals surface area contributed by atoms with Crippen molar-refractivity contribution in [2.24, 2.45) is 0 Å². The number of rotatable bonds is 3. The number of hydrogen-bond acceptors (Lipinski definition) is 5. The van der Waals surface area contributed by atoms with Crippen LogP contribution in [0.15, 0.2) is 0 Å². The molecule has 0 aromatic carbocycles. The standard InChI is InChI=1S/C14H20N2O5S/c1-3-4-12(17)15-7-5-14(6-8-15)16(9-10-21-2)13(18)11-22(14,19)20/h5-11H2,1-2H3. The number of nitrogens with zero attached hydrogens (tertiary/aromatic N) is 2. The Kier molecular flexibility index (Phi) is 4.78. The molecular formula is C14H20N2O5S. The van der Waals surface area contributed by atoms with E-state index in [9.17, 15) is 18.0 Å². The Balaban J connectivity index is 2.21. The summed E-state index contributed by atoms with van der Waals surface area (Å²) in [6, 6.07) is 0. The lowest BCUT2D eigenvalue weighted by atomic mass is 10.0. The predicted octanol–water partition coefficient (Wildman–Crippen LogP) is -0.768. The molecule has 2 fully saturated rings. The molecule has 0 radical (unpaired) electrons. The van der Waals surface area contributed by atoms with Crippen LogP contribution in [0.3, 0.4) is 0 Å². The fourth-order valence-corrected chi connectivity index (χ4v) is 5.19. The van der Waals surface area contributed by atoms with Gasteiger partial charge in [0.2, 0.25) is 5.91 Å². The number of carbonyl (C=O) groups excluding carboxylic acids is 2. The van der Waals surface area contributed by atoms with Gasteiger partial charge in [0.05, 0.1) is 6.61 Å². The summed E-state index contributed by atoms with van der Waals surface area (Å²) in [5.74, 6) is 3.86. The highest BCUT2D eigenvalue weighted by molar-refractivity contribution is 7.93. The molecule has 0 N–H and O–H groups in total. The number of piperidine rings is 1. The Bertz CT molecular complexity index is 623. The van der Waals surface area contributed by atoms with Gasteiger partial charge in [-0.2, -0.15) is 0 Å². The van der Waals surface area contributed by atoms with E-state index in [1.807, 2.05) is 0 Å². The van der Waals surface area contributed by atoms with Gasteiger partial charge in [-0.05, 0) is 12.8 Å². The molecule has 2 amide bonds. The van der Waals surface area contributed by atoms with Gasteiger partial charge in [0.15, 0.2) is 9.84 Å². The molecule has 2 aliphatic rings. The minimum absolute atomic E-state index is 0.224. The molecule has 0 bridgehead atoms. The largest absolute Gasteiger partial charge is 0.383 e. The molecule has 0 aliphatic carbocycles. The Labute approximate surface area is 130 Å². The minimum Gasteiger partial charge on any atom is -0.383 e. The predicted molar refractivity (Wildman–Crippen MR) is 79.4 cm³/mol. The van der Waals surface area contributed by atoms with E-state index in [-0.39, 0.29) is 50.9 Å². The second-order valence-corrected chi connectivity index (χ2v) is 7.69.